The maximum Gasteiger partial charge on any atom is 0.238 e. The molecule has 0 aromatic heterocycles. The van der Waals surface area contributed by atoms with Crippen molar-refractivity contribution >= 4 is 10.0 Å². The van der Waals surface area contributed by atoms with Gasteiger partial charge in [-0.25, -0.2) is 13.6 Å². The van der Waals surface area contributed by atoms with Crippen molar-refractivity contribution in [3.8, 4) is 0 Å². The predicted molar refractivity (Wildman–Crippen MR) is 53.1 cm³/mol. The SMILES string of the molecule is N[C@@H]1CCc2ccc(S(N)(=O)=O)cc21. The molecular weight excluding hydrogens is 200 g/mol. The van der Waals surface area contributed by atoms with Gasteiger partial charge in [-0.05, 0) is 36.1 Å². The highest BCUT2D eigenvalue weighted by Gasteiger charge is 2.20. The molecule has 0 saturated heterocycles. The summed E-state index contributed by atoms with van der Waals surface area (Å²) in [5, 5.41) is 5.03. The van der Waals surface area contributed by atoms with E-state index in [1.54, 1.807) is 12.1 Å². The average molecular weight is 212 g/mol. The standard InChI is InChI=1S/C9H12N2O2S/c10-9-4-2-6-1-3-7(5-8(6)9)14(11,12)13/h1,3,5,9H,2,4,10H2,(H2,11,12,13)/t9-/m1/s1. The minimum atomic E-state index is -3.60. The average Bonchev–Trinajstić information content (AvgIpc) is 2.46. The van der Waals surface area contributed by atoms with Crippen molar-refractivity contribution in [1.29, 1.82) is 0 Å². The van der Waals surface area contributed by atoms with Crippen molar-refractivity contribution < 1.29 is 8.42 Å². The van der Waals surface area contributed by atoms with Gasteiger partial charge in [-0.15, -0.1) is 0 Å². The van der Waals surface area contributed by atoms with E-state index in [9.17, 15) is 8.42 Å². The van der Waals surface area contributed by atoms with Crippen LogP contribution >= 0.6 is 0 Å². The van der Waals surface area contributed by atoms with Crippen LogP contribution in [0.25, 0.3) is 0 Å². The molecule has 0 bridgehead atoms. The van der Waals surface area contributed by atoms with E-state index in [0.29, 0.717) is 0 Å². The van der Waals surface area contributed by atoms with Crippen LogP contribution in [0.4, 0.5) is 0 Å². The van der Waals surface area contributed by atoms with Gasteiger partial charge in [0.05, 0.1) is 4.90 Å². The molecule has 1 aliphatic carbocycles. The Hall–Kier alpha value is -0.910. The lowest BCUT2D eigenvalue weighted by Crippen LogP contribution is -2.13. The van der Waals surface area contributed by atoms with E-state index in [0.717, 1.165) is 24.0 Å². The smallest absolute Gasteiger partial charge is 0.238 e. The summed E-state index contributed by atoms with van der Waals surface area (Å²) in [4.78, 5) is 0.147. The van der Waals surface area contributed by atoms with Crippen LogP contribution < -0.4 is 10.9 Å². The highest BCUT2D eigenvalue weighted by atomic mass is 32.2. The van der Waals surface area contributed by atoms with Crippen molar-refractivity contribution in [3.05, 3.63) is 29.3 Å². The van der Waals surface area contributed by atoms with E-state index in [1.807, 2.05) is 0 Å². The van der Waals surface area contributed by atoms with Gasteiger partial charge in [-0.3, -0.25) is 0 Å². The zero-order valence-corrected chi connectivity index (χ0v) is 8.42. The third kappa shape index (κ3) is 1.54. The second-order valence-corrected chi connectivity index (χ2v) is 5.11. The predicted octanol–water partition coefficient (Wildman–Crippen LogP) is 0.280. The number of benzene rings is 1. The zero-order valence-electron chi connectivity index (χ0n) is 7.60. The summed E-state index contributed by atoms with van der Waals surface area (Å²) in [6, 6.07) is 4.86. The first-order valence-electron chi connectivity index (χ1n) is 4.40. The van der Waals surface area contributed by atoms with Crippen molar-refractivity contribution in [2.24, 2.45) is 10.9 Å². The molecule has 14 heavy (non-hydrogen) atoms. The Bertz CT molecular complexity index is 468. The largest absolute Gasteiger partial charge is 0.324 e. The summed E-state index contributed by atoms with van der Waals surface area (Å²) >= 11 is 0. The van der Waals surface area contributed by atoms with E-state index >= 15 is 0 Å². The Morgan fingerprint density at radius 3 is 2.71 bits per heavy atom. The summed E-state index contributed by atoms with van der Waals surface area (Å²) in [6.45, 7) is 0. The number of primary sulfonamides is 1. The van der Waals surface area contributed by atoms with Gasteiger partial charge in [0.15, 0.2) is 0 Å². The van der Waals surface area contributed by atoms with Crippen LogP contribution in [0.5, 0.6) is 0 Å². The fraction of sp³-hybridized carbons (Fsp3) is 0.333. The first-order chi connectivity index (χ1) is 6.48. The summed E-state index contributed by atoms with van der Waals surface area (Å²) in [5.74, 6) is 0. The van der Waals surface area contributed by atoms with Gasteiger partial charge >= 0.3 is 0 Å². The number of nitrogens with two attached hydrogens (primary N) is 2. The molecule has 0 radical (unpaired) electrons. The number of sulfonamides is 1. The van der Waals surface area contributed by atoms with Crippen LogP contribution in [0, 0.1) is 0 Å². The molecular formula is C9H12N2O2S. The van der Waals surface area contributed by atoms with Gasteiger partial charge in [-0.2, -0.15) is 0 Å². The van der Waals surface area contributed by atoms with Crippen molar-refractivity contribution in [1.82, 2.24) is 0 Å². The monoisotopic (exact) mass is 212 g/mol. The van der Waals surface area contributed by atoms with Gasteiger partial charge < -0.3 is 5.73 Å². The molecule has 0 spiro atoms. The maximum absolute atomic E-state index is 11.1. The van der Waals surface area contributed by atoms with Gasteiger partial charge in [-0.1, -0.05) is 6.07 Å². The fourth-order valence-corrected chi connectivity index (χ4v) is 2.34. The van der Waals surface area contributed by atoms with Crippen LogP contribution in [0.3, 0.4) is 0 Å². The minimum Gasteiger partial charge on any atom is -0.324 e. The van der Waals surface area contributed by atoms with Crippen LogP contribution in [-0.2, 0) is 16.4 Å². The molecule has 0 unspecified atom stereocenters. The Labute approximate surface area is 83.0 Å². The van der Waals surface area contributed by atoms with Crippen LogP contribution in [-0.4, -0.2) is 8.42 Å². The number of fused-ring (bicyclic) bond motifs is 1. The van der Waals surface area contributed by atoms with Crippen LogP contribution in [0.2, 0.25) is 0 Å². The number of aryl methyl sites for hydroxylation is 1. The third-order valence-electron chi connectivity index (χ3n) is 2.57. The van der Waals surface area contributed by atoms with E-state index in [2.05, 4.69) is 0 Å². The molecule has 2 rings (SSSR count). The Morgan fingerprint density at radius 1 is 1.36 bits per heavy atom. The molecule has 1 aliphatic rings. The van der Waals surface area contributed by atoms with Crippen molar-refractivity contribution in [2.75, 3.05) is 0 Å². The van der Waals surface area contributed by atoms with Gasteiger partial charge in [0, 0.05) is 6.04 Å². The number of hydrogen-bond acceptors (Lipinski definition) is 3. The van der Waals surface area contributed by atoms with Crippen LogP contribution in [0.15, 0.2) is 23.1 Å². The van der Waals surface area contributed by atoms with Gasteiger partial charge in [0.25, 0.3) is 0 Å². The molecule has 0 aliphatic heterocycles. The minimum absolute atomic E-state index is 0.0494. The van der Waals surface area contributed by atoms with Crippen molar-refractivity contribution in [3.63, 3.8) is 0 Å². The zero-order chi connectivity index (χ0) is 10.3. The van der Waals surface area contributed by atoms with E-state index in [1.165, 1.54) is 6.07 Å². The maximum atomic E-state index is 11.1. The second-order valence-electron chi connectivity index (χ2n) is 3.55. The summed E-state index contributed by atoms with van der Waals surface area (Å²) < 4.78 is 22.2. The Kier molecular flexibility index (Phi) is 2.10. The highest BCUT2D eigenvalue weighted by Crippen LogP contribution is 2.30. The first kappa shape index (κ1) is 9.64. The third-order valence-corrected chi connectivity index (χ3v) is 3.48. The van der Waals surface area contributed by atoms with Crippen molar-refractivity contribution in [2.45, 2.75) is 23.8 Å². The summed E-state index contributed by atoms with van der Waals surface area (Å²) in [7, 11) is -3.60. The lowest BCUT2D eigenvalue weighted by molar-refractivity contribution is 0.597. The summed E-state index contributed by atoms with van der Waals surface area (Å²) in [5.41, 5.74) is 7.87. The normalized spacial score (nSPS) is 20.9. The molecule has 1 atom stereocenters. The molecule has 4 nitrogen and oxygen atoms in total. The number of hydrogen-bond donors (Lipinski definition) is 2. The lowest BCUT2D eigenvalue weighted by atomic mass is 10.1. The molecule has 0 fully saturated rings. The topological polar surface area (TPSA) is 86.2 Å². The lowest BCUT2D eigenvalue weighted by Gasteiger charge is -2.06. The quantitative estimate of drug-likeness (QED) is 0.701. The van der Waals surface area contributed by atoms with Gasteiger partial charge in [0.2, 0.25) is 10.0 Å². The molecule has 4 N–H and O–H groups in total. The van der Waals surface area contributed by atoms with Gasteiger partial charge in [0.1, 0.15) is 0 Å². The molecule has 0 saturated carbocycles. The molecule has 5 heteroatoms. The Balaban J connectivity index is 2.56. The van der Waals surface area contributed by atoms with Crippen LogP contribution in [0.1, 0.15) is 23.6 Å². The van der Waals surface area contributed by atoms with E-state index in [4.69, 9.17) is 10.9 Å². The molecule has 0 heterocycles. The first-order valence-corrected chi connectivity index (χ1v) is 5.94. The molecule has 0 amide bonds. The van der Waals surface area contributed by atoms with E-state index in [-0.39, 0.29) is 10.9 Å². The number of rotatable bonds is 1. The molecule has 76 valence electrons. The highest BCUT2D eigenvalue weighted by molar-refractivity contribution is 7.89. The summed E-state index contributed by atoms with van der Waals surface area (Å²) in [6.07, 6.45) is 1.80. The molecule has 1 aromatic carbocycles. The van der Waals surface area contributed by atoms with E-state index < -0.39 is 10.0 Å². The Morgan fingerprint density at radius 2 is 2.07 bits per heavy atom. The molecule has 1 aromatic rings. The second kappa shape index (κ2) is 3.05. The fourth-order valence-electron chi connectivity index (χ4n) is 1.79.